The molecular weight excluding hydrogens is 248 g/mol. The highest BCUT2D eigenvalue weighted by atomic mass is 32.1. The Labute approximate surface area is 112 Å². The largest absolute Gasteiger partial charge is 0.389 e. The summed E-state index contributed by atoms with van der Waals surface area (Å²) in [6.45, 7) is 2.48. The average Bonchev–Trinajstić information content (AvgIpc) is 2.34. The van der Waals surface area contributed by atoms with Gasteiger partial charge in [-0.2, -0.15) is 0 Å². The summed E-state index contributed by atoms with van der Waals surface area (Å²) in [6.07, 6.45) is 0.422. The van der Waals surface area contributed by atoms with Crippen LogP contribution in [0.2, 0.25) is 0 Å². The minimum absolute atomic E-state index is 0.00377. The zero-order chi connectivity index (χ0) is 13.7. The summed E-state index contributed by atoms with van der Waals surface area (Å²) in [5, 5.41) is 2.59. The maximum atomic E-state index is 11.2. The van der Waals surface area contributed by atoms with E-state index in [-0.39, 0.29) is 5.91 Å². The Bertz CT molecular complexity index is 461. The van der Waals surface area contributed by atoms with Gasteiger partial charge in [-0.05, 0) is 19.1 Å². The van der Waals surface area contributed by atoms with Gasteiger partial charge in [0, 0.05) is 38.3 Å². The van der Waals surface area contributed by atoms with Crippen molar-refractivity contribution in [3.05, 3.63) is 23.4 Å². The van der Waals surface area contributed by atoms with Crippen LogP contribution >= 0.6 is 12.2 Å². The molecule has 1 amide bonds. The summed E-state index contributed by atoms with van der Waals surface area (Å²) >= 11 is 4.96. The Morgan fingerprint density at radius 1 is 1.56 bits per heavy atom. The van der Waals surface area contributed by atoms with Crippen molar-refractivity contribution in [3.63, 3.8) is 0 Å². The number of nitrogens with zero attached hydrogens (tertiary/aromatic N) is 2. The van der Waals surface area contributed by atoms with Crippen LogP contribution in [-0.2, 0) is 4.79 Å². The van der Waals surface area contributed by atoms with E-state index in [9.17, 15) is 4.79 Å². The lowest BCUT2D eigenvalue weighted by Gasteiger charge is -2.19. The highest BCUT2D eigenvalue weighted by molar-refractivity contribution is 7.80. The molecular formula is C12H18N4OS. The van der Waals surface area contributed by atoms with E-state index in [1.165, 1.54) is 0 Å². The molecule has 5 nitrogen and oxygen atoms in total. The van der Waals surface area contributed by atoms with Crippen LogP contribution in [0.1, 0.15) is 17.7 Å². The number of nitrogens with two attached hydrogens (primary N) is 1. The van der Waals surface area contributed by atoms with Crippen molar-refractivity contribution in [2.24, 2.45) is 5.73 Å². The molecule has 0 aromatic carbocycles. The number of pyridine rings is 1. The topological polar surface area (TPSA) is 71.2 Å². The number of nitrogens with one attached hydrogen (secondary N) is 1. The Morgan fingerprint density at radius 2 is 2.22 bits per heavy atom. The molecule has 3 N–H and O–H groups in total. The first kappa shape index (κ1) is 14.4. The normalized spacial score (nSPS) is 9.94. The predicted octanol–water partition coefficient (Wildman–Crippen LogP) is 0.597. The number of anilines is 1. The summed E-state index contributed by atoms with van der Waals surface area (Å²) in [7, 11) is 3.51. The van der Waals surface area contributed by atoms with Gasteiger partial charge in [0.05, 0.1) is 0 Å². The van der Waals surface area contributed by atoms with Crippen LogP contribution in [0.3, 0.4) is 0 Å². The van der Waals surface area contributed by atoms with Gasteiger partial charge in [-0.15, -0.1) is 0 Å². The molecule has 1 aromatic heterocycles. The van der Waals surface area contributed by atoms with Crippen LogP contribution in [0.5, 0.6) is 0 Å². The number of carbonyl (C=O) groups excluding carboxylic acids is 1. The third kappa shape index (κ3) is 3.96. The molecule has 0 radical (unpaired) electrons. The van der Waals surface area contributed by atoms with E-state index in [0.717, 1.165) is 17.1 Å². The fraction of sp³-hybridized carbons (Fsp3) is 0.417. The molecule has 0 bridgehead atoms. The molecule has 0 spiro atoms. The van der Waals surface area contributed by atoms with Crippen molar-refractivity contribution in [3.8, 4) is 0 Å². The molecule has 0 aliphatic rings. The van der Waals surface area contributed by atoms with Crippen LogP contribution in [-0.4, -0.2) is 36.5 Å². The average molecular weight is 266 g/mol. The maximum Gasteiger partial charge on any atom is 0.221 e. The Morgan fingerprint density at radius 3 is 2.78 bits per heavy atom. The summed E-state index contributed by atoms with van der Waals surface area (Å²) in [4.78, 5) is 17.8. The highest BCUT2D eigenvalue weighted by Gasteiger charge is 2.08. The van der Waals surface area contributed by atoms with Crippen LogP contribution in [0.15, 0.2) is 12.1 Å². The number of rotatable bonds is 5. The van der Waals surface area contributed by atoms with E-state index in [1.807, 2.05) is 31.0 Å². The van der Waals surface area contributed by atoms with E-state index in [1.54, 1.807) is 7.05 Å². The third-order valence-electron chi connectivity index (χ3n) is 2.57. The summed E-state index contributed by atoms with van der Waals surface area (Å²) in [5.41, 5.74) is 7.26. The second-order valence-corrected chi connectivity index (χ2v) is 4.50. The van der Waals surface area contributed by atoms with Crippen molar-refractivity contribution in [1.82, 2.24) is 10.3 Å². The van der Waals surface area contributed by atoms with E-state index in [2.05, 4.69) is 10.3 Å². The molecule has 0 aliphatic heterocycles. The van der Waals surface area contributed by atoms with Gasteiger partial charge in [-0.3, -0.25) is 4.79 Å². The van der Waals surface area contributed by atoms with Crippen LogP contribution in [0.25, 0.3) is 0 Å². The second-order valence-electron chi connectivity index (χ2n) is 4.06. The summed E-state index contributed by atoms with van der Waals surface area (Å²) in [6, 6.07) is 3.68. The highest BCUT2D eigenvalue weighted by Crippen LogP contribution is 2.14. The van der Waals surface area contributed by atoms with Gasteiger partial charge < -0.3 is 16.0 Å². The molecule has 98 valence electrons. The van der Waals surface area contributed by atoms with E-state index in [4.69, 9.17) is 18.0 Å². The lowest BCUT2D eigenvalue weighted by atomic mass is 10.2. The van der Waals surface area contributed by atoms with E-state index in [0.29, 0.717) is 18.0 Å². The molecule has 0 saturated carbocycles. The van der Waals surface area contributed by atoms with Gasteiger partial charge in [0.25, 0.3) is 0 Å². The van der Waals surface area contributed by atoms with Crippen LogP contribution in [0.4, 0.5) is 5.82 Å². The van der Waals surface area contributed by atoms with Crippen molar-refractivity contribution >= 4 is 28.9 Å². The zero-order valence-electron chi connectivity index (χ0n) is 10.9. The van der Waals surface area contributed by atoms with E-state index >= 15 is 0 Å². The molecule has 1 rings (SSSR count). The molecule has 0 fully saturated rings. The first-order valence-electron chi connectivity index (χ1n) is 5.64. The minimum atomic E-state index is 0.00377. The van der Waals surface area contributed by atoms with Gasteiger partial charge in [-0.25, -0.2) is 4.98 Å². The van der Waals surface area contributed by atoms with Crippen LogP contribution in [0, 0.1) is 6.92 Å². The molecule has 18 heavy (non-hydrogen) atoms. The fourth-order valence-corrected chi connectivity index (χ4v) is 1.62. The standard InChI is InChI=1S/C12H18N4OS/c1-8-6-9(12(13)18)7-10(15-8)16(3)5-4-11(17)14-2/h6-7H,4-5H2,1-3H3,(H2,13,18)(H,14,17). The number of aryl methyl sites for hydroxylation is 1. The van der Waals surface area contributed by atoms with Crippen molar-refractivity contribution in [1.29, 1.82) is 0 Å². The molecule has 0 aliphatic carbocycles. The third-order valence-corrected chi connectivity index (χ3v) is 2.80. The zero-order valence-corrected chi connectivity index (χ0v) is 11.7. The number of amides is 1. The first-order valence-corrected chi connectivity index (χ1v) is 6.05. The molecule has 0 unspecified atom stereocenters. The Balaban J connectivity index is 2.82. The number of thiocarbonyl (C=S) groups is 1. The fourth-order valence-electron chi connectivity index (χ4n) is 1.50. The molecule has 1 aromatic rings. The first-order chi connectivity index (χ1) is 8.43. The predicted molar refractivity (Wildman–Crippen MR) is 76.8 cm³/mol. The minimum Gasteiger partial charge on any atom is -0.389 e. The lowest BCUT2D eigenvalue weighted by molar-refractivity contribution is -0.120. The number of hydrogen-bond acceptors (Lipinski definition) is 4. The smallest absolute Gasteiger partial charge is 0.221 e. The quantitative estimate of drug-likeness (QED) is 0.764. The lowest BCUT2D eigenvalue weighted by Crippen LogP contribution is -2.27. The van der Waals surface area contributed by atoms with Crippen LogP contribution < -0.4 is 16.0 Å². The molecule has 1 heterocycles. The molecule has 6 heteroatoms. The summed E-state index contributed by atoms with van der Waals surface area (Å²) < 4.78 is 0. The van der Waals surface area contributed by atoms with Gasteiger partial charge >= 0.3 is 0 Å². The summed E-state index contributed by atoms with van der Waals surface area (Å²) in [5.74, 6) is 0.769. The van der Waals surface area contributed by atoms with Crippen molar-refractivity contribution in [2.75, 3.05) is 25.5 Å². The van der Waals surface area contributed by atoms with Gasteiger partial charge in [0.2, 0.25) is 5.91 Å². The van der Waals surface area contributed by atoms with Gasteiger partial charge in [0.15, 0.2) is 0 Å². The Hall–Kier alpha value is -1.69. The molecule has 0 atom stereocenters. The number of carbonyl (C=O) groups is 1. The SMILES string of the molecule is CNC(=O)CCN(C)c1cc(C(N)=S)cc(C)n1. The molecule has 0 saturated heterocycles. The Kier molecular flexibility index (Phi) is 5.03. The monoisotopic (exact) mass is 266 g/mol. The second kappa shape index (κ2) is 6.30. The van der Waals surface area contributed by atoms with E-state index < -0.39 is 0 Å². The van der Waals surface area contributed by atoms with Gasteiger partial charge in [-0.1, -0.05) is 12.2 Å². The number of aromatic nitrogens is 1. The van der Waals surface area contributed by atoms with Gasteiger partial charge in [0.1, 0.15) is 10.8 Å². The van der Waals surface area contributed by atoms with Crippen molar-refractivity contribution < 1.29 is 4.79 Å². The van der Waals surface area contributed by atoms with Crippen molar-refractivity contribution in [2.45, 2.75) is 13.3 Å². The maximum absolute atomic E-state index is 11.2. The number of hydrogen-bond donors (Lipinski definition) is 2.